The maximum atomic E-state index is 2.41. The number of rotatable bonds is 7. The van der Waals surface area contributed by atoms with Gasteiger partial charge in [-0.15, -0.1) is 0 Å². The summed E-state index contributed by atoms with van der Waals surface area (Å²) in [6.07, 6.45) is 0. The molecule has 2 heteroatoms. The van der Waals surface area contributed by atoms with Gasteiger partial charge in [-0.05, 0) is 134 Å². The number of fused-ring (bicyclic) bond motifs is 5. The fourth-order valence-corrected chi connectivity index (χ4v) is 9.40. The minimum Gasteiger partial charge on any atom is -0.310 e. The van der Waals surface area contributed by atoms with Gasteiger partial charge in [-0.25, -0.2) is 0 Å². The van der Waals surface area contributed by atoms with Crippen molar-refractivity contribution in [2.45, 2.75) is 13.8 Å². The van der Waals surface area contributed by atoms with Gasteiger partial charge in [0.15, 0.2) is 0 Å². The summed E-state index contributed by atoms with van der Waals surface area (Å²) in [5.74, 6) is 0. The van der Waals surface area contributed by atoms with Crippen LogP contribution in [-0.2, 0) is 0 Å². The Morgan fingerprint density at radius 2 is 0.750 bits per heavy atom. The second kappa shape index (κ2) is 14.6. The first-order valence-corrected chi connectivity index (χ1v) is 20.8. The highest BCUT2D eigenvalue weighted by Gasteiger charge is 2.19. The molecule has 284 valence electrons. The highest BCUT2D eigenvalue weighted by Crippen LogP contribution is 2.45. The Bertz CT molecular complexity index is 3270. The lowest BCUT2D eigenvalue weighted by Crippen LogP contribution is -2.12. The molecular weight excluding hydrogens is 725 g/mol. The number of nitrogens with zero attached hydrogens (tertiary/aromatic N) is 2. The smallest absolute Gasteiger partial charge is 0.0541 e. The summed E-state index contributed by atoms with van der Waals surface area (Å²) < 4.78 is 2.41. The minimum atomic E-state index is 1.14. The number of benzene rings is 10. The van der Waals surface area contributed by atoms with Crippen molar-refractivity contribution in [1.82, 2.24) is 4.57 Å². The van der Waals surface area contributed by atoms with Crippen LogP contribution in [0.15, 0.2) is 218 Å². The monoisotopic (exact) mass is 766 g/mol. The molecule has 11 rings (SSSR count). The van der Waals surface area contributed by atoms with Crippen molar-refractivity contribution >= 4 is 60.4 Å². The van der Waals surface area contributed by atoms with Crippen molar-refractivity contribution in [1.29, 1.82) is 0 Å². The quantitative estimate of drug-likeness (QED) is 0.147. The number of hydrogen-bond acceptors (Lipinski definition) is 1. The van der Waals surface area contributed by atoms with Gasteiger partial charge in [0.2, 0.25) is 0 Å². The van der Waals surface area contributed by atoms with Crippen molar-refractivity contribution in [3.05, 3.63) is 230 Å². The van der Waals surface area contributed by atoms with Gasteiger partial charge in [-0.2, -0.15) is 0 Å². The molecule has 1 aromatic heterocycles. The molecule has 0 fully saturated rings. The van der Waals surface area contributed by atoms with Crippen LogP contribution in [-0.4, -0.2) is 4.57 Å². The highest BCUT2D eigenvalue weighted by atomic mass is 15.1. The van der Waals surface area contributed by atoms with E-state index in [1.54, 1.807) is 0 Å². The number of aryl methyl sites for hydroxylation is 2. The Hall–Kier alpha value is -7.68. The maximum Gasteiger partial charge on any atom is 0.0541 e. The predicted molar refractivity (Wildman–Crippen MR) is 256 cm³/mol. The predicted octanol–water partition coefficient (Wildman–Crippen LogP) is 16.2. The van der Waals surface area contributed by atoms with Gasteiger partial charge < -0.3 is 9.47 Å². The molecule has 0 saturated heterocycles. The molecule has 10 aromatic carbocycles. The van der Waals surface area contributed by atoms with Gasteiger partial charge in [-0.1, -0.05) is 164 Å². The summed E-state index contributed by atoms with van der Waals surface area (Å²) in [5, 5.41) is 7.55. The zero-order chi connectivity index (χ0) is 40.2. The first-order valence-electron chi connectivity index (χ1n) is 20.8. The van der Waals surface area contributed by atoms with E-state index < -0.39 is 0 Å². The van der Waals surface area contributed by atoms with Crippen LogP contribution in [0.4, 0.5) is 17.1 Å². The van der Waals surface area contributed by atoms with E-state index in [0.29, 0.717) is 0 Å². The molecule has 0 atom stereocenters. The van der Waals surface area contributed by atoms with E-state index in [0.717, 1.165) is 11.4 Å². The van der Waals surface area contributed by atoms with Gasteiger partial charge in [0.05, 0.1) is 11.0 Å². The van der Waals surface area contributed by atoms with Gasteiger partial charge in [0.25, 0.3) is 0 Å². The summed E-state index contributed by atoms with van der Waals surface area (Å²) in [6.45, 7) is 4.37. The molecule has 0 bridgehead atoms. The summed E-state index contributed by atoms with van der Waals surface area (Å²) >= 11 is 0. The van der Waals surface area contributed by atoms with Crippen LogP contribution in [0.3, 0.4) is 0 Å². The first kappa shape index (κ1) is 35.5. The number of hydrogen-bond donors (Lipinski definition) is 0. The molecule has 60 heavy (non-hydrogen) atoms. The lowest BCUT2D eigenvalue weighted by atomic mass is 9.86. The molecule has 0 aliphatic heterocycles. The maximum absolute atomic E-state index is 2.41. The molecule has 0 amide bonds. The molecule has 0 saturated carbocycles. The molecule has 2 nitrogen and oxygen atoms in total. The number of para-hydroxylation sites is 3. The Kier molecular flexibility index (Phi) is 8.64. The third-order valence-corrected chi connectivity index (χ3v) is 12.3. The Labute approximate surface area is 350 Å². The van der Waals surface area contributed by atoms with E-state index in [9.17, 15) is 0 Å². The van der Waals surface area contributed by atoms with E-state index in [-0.39, 0.29) is 0 Å². The average molecular weight is 767 g/mol. The van der Waals surface area contributed by atoms with Crippen LogP contribution in [0, 0.1) is 13.8 Å². The molecule has 0 aliphatic carbocycles. The van der Waals surface area contributed by atoms with Crippen molar-refractivity contribution in [3.63, 3.8) is 0 Å². The van der Waals surface area contributed by atoms with E-state index >= 15 is 0 Å². The molecule has 0 N–H and O–H groups in total. The zero-order valence-electron chi connectivity index (χ0n) is 33.7. The van der Waals surface area contributed by atoms with Crippen molar-refractivity contribution < 1.29 is 0 Å². The van der Waals surface area contributed by atoms with Crippen LogP contribution in [0.2, 0.25) is 0 Å². The van der Waals surface area contributed by atoms with Gasteiger partial charge in [0.1, 0.15) is 0 Å². The molecule has 0 spiro atoms. The van der Waals surface area contributed by atoms with E-state index in [1.165, 1.54) is 99.2 Å². The van der Waals surface area contributed by atoms with Crippen LogP contribution in [0.5, 0.6) is 0 Å². The molecule has 0 unspecified atom stereocenters. The topological polar surface area (TPSA) is 8.17 Å². The number of anilines is 3. The molecule has 11 aromatic rings. The molecular formula is C58H42N2. The summed E-state index contributed by atoms with van der Waals surface area (Å²) in [7, 11) is 0. The number of aromatic nitrogens is 1. The Balaban J connectivity index is 0.994. The summed E-state index contributed by atoms with van der Waals surface area (Å²) in [4.78, 5) is 2.38. The van der Waals surface area contributed by atoms with Crippen LogP contribution in [0.1, 0.15) is 11.1 Å². The third kappa shape index (κ3) is 5.88. The van der Waals surface area contributed by atoms with Crippen molar-refractivity contribution in [2.75, 3.05) is 4.90 Å². The SMILES string of the molecule is Cc1ccccc1N(c1ccc(-c2ccc3c(c2)c2ccccc2n3-c2ccc(-c3c4ccccc4c(-c4ccccc4)c4ccccc34)cc2)cc1)c1ccccc1C. The second-order valence-electron chi connectivity index (χ2n) is 15.8. The lowest BCUT2D eigenvalue weighted by molar-refractivity contribution is 1.18. The summed E-state index contributed by atoms with van der Waals surface area (Å²) in [5.41, 5.74) is 16.9. The normalized spacial score (nSPS) is 11.5. The van der Waals surface area contributed by atoms with Crippen LogP contribution >= 0.6 is 0 Å². The van der Waals surface area contributed by atoms with Gasteiger partial charge in [0, 0.05) is 33.5 Å². The van der Waals surface area contributed by atoms with Crippen LogP contribution in [0.25, 0.3) is 82.4 Å². The molecule has 0 aliphatic rings. The van der Waals surface area contributed by atoms with Gasteiger partial charge >= 0.3 is 0 Å². The van der Waals surface area contributed by atoms with Crippen molar-refractivity contribution in [3.8, 4) is 39.1 Å². The lowest BCUT2D eigenvalue weighted by Gasteiger charge is -2.28. The van der Waals surface area contributed by atoms with Crippen LogP contribution < -0.4 is 4.90 Å². The average Bonchev–Trinajstić information content (AvgIpc) is 3.64. The second-order valence-corrected chi connectivity index (χ2v) is 15.8. The standard InChI is InChI=1S/C58H42N2/c1-39-16-6-13-25-53(39)59(54-26-14-7-17-40(54)2)45-33-28-41(29-34-45)44-32-37-56-52(38-44)47-20-12-15-27-55(47)60(56)46-35-30-43(31-36-46)58-50-23-10-8-21-48(50)57(42-18-4-3-5-19-42)49-22-9-11-24-51(49)58/h3-38H,1-2H3. The molecule has 1 heterocycles. The van der Waals surface area contributed by atoms with Crippen molar-refractivity contribution in [2.24, 2.45) is 0 Å². The molecule has 0 radical (unpaired) electrons. The van der Waals surface area contributed by atoms with E-state index in [1.807, 2.05) is 0 Å². The first-order chi connectivity index (χ1) is 29.6. The third-order valence-electron chi connectivity index (χ3n) is 12.3. The zero-order valence-corrected chi connectivity index (χ0v) is 33.7. The summed E-state index contributed by atoms with van der Waals surface area (Å²) in [6, 6.07) is 79.7. The fourth-order valence-electron chi connectivity index (χ4n) is 9.40. The fraction of sp³-hybridized carbons (Fsp3) is 0.0345. The largest absolute Gasteiger partial charge is 0.310 e. The minimum absolute atomic E-state index is 1.14. The van der Waals surface area contributed by atoms with E-state index in [4.69, 9.17) is 0 Å². The van der Waals surface area contributed by atoms with Gasteiger partial charge in [-0.3, -0.25) is 0 Å². The highest BCUT2D eigenvalue weighted by molar-refractivity contribution is 6.21. The Morgan fingerprint density at radius 3 is 1.32 bits per heavy atom. The Morgan fingerprint density at radius 1 is 0.317 bits per heavy atom. The van der Waals surface area contributed by atoms with E-state index in [2.05, 4.69) is 242 Å².